The molecule has 1 heteroatoms. The minimum Gasteiger partial charge on any atom is -0.392 e. The molecule has 1 saturated carbocycles. The third-order valence-corrected chi connectivity index (χ3v) is 3.48. The molecule has 0 heterocycles. The van der Waals surface area contributed by atoms with Crippen LogP contribution in [0.4, 0.5) is 0 Å². The zero-order valence-corrected chi connectivity index (χ0v) is 6.35. The Balaban J connectivity index is 2.04. The van der Waals surface area contributed by atoms with Crippen LogP contribution in [0.15, 0.2) is 24.3 Å². The fourth-order valence-corrected chi connectivity index (χ4v) is 2.99. The van der Waals surface area contributed by atoms with Crippen LogP contribution in [0.1, 0.15) is 6.42 Å². The lowest BCUT2D eigenvalue weighted by Gasteiger charge is -2.14. The topological polar surface area (TPSA) is 20.2 Å². The minimum absolute atomic E-state index is 0.0591. The molecule has 3 aliphatic carbocycles. The third-order valence-electron chi connectivity index (χ3n) is 3.48. The third kappa shape index (κ3) is 0.603. The number of aliphatic hydroxyl groups is 1. The van der Waals surface area contributed by atoms with E-state index in [4.69, 9.17) is 0 Å². The standard InChI is InChI=1S/C10H12O/c11-9-5-7-2-1-6-3-4-8(9)10(6)7/h1-4,6-11H,5H2/t6-,7+,8+,9+,10-/m0/s1. The predicted molar refractivity (Wildman–Crippen MR) is 42.9 cm³/mol. The Hall–Kier alpha value is -0.560. The first-order valence-electron chi connectivity index (χ1n) is 4.41. The van der Waals surface area contributed by atoms with E-state index in [2.05, 4.69) is 24.3 Å². The molecule has 0 radical (unpaired) electrons. The van der Waals surface area contributed by atoms with Gasteiger partial charge < -0.3 is 5.11 Å². The van der Waals surface area contributed by atoms with Gasteiger partial charge in [0.2, 0.25) is 0 Å². The lowest BCUT2D eigenvalue weighted by molar-refractivity contribution is 0.142. The molecule has 3 aliphatic rings. The van der Waals surface area contributed by atoms with E-state index in [1.807, 2.05) is 0 Å². The molecule has 0 bridgehead atoms. The second-order valence-electron chi connectivity index (χ2n) is 3.97. The Morgan fingerprint density at radius 1 is 1.09 bits per heavy atom. The van der Waals surface area contributed by atoms with Crippen molar-refractivity contribution in [2.45, 2.75) is 12.5 Å². The van der Waals surface area contributed by atoms with Crippen molar-refractivity contribution in [2.24, 2.45) is 23.7 Å². The summed E-state index contributed by atoms with van der Waals surface area (Å²) in [4.78, 5) is 0. The lowest BCUT2D eigenvalue weighted by atomic mass is 9.90. The lowest BCUT2D eigenvalue weighted by Crippen LogP contribution is -2.15. The van der Waals surface area contributed by atoms with E-state index in [1.54, 1.807) is 0 Å². The van der Waals surface area contributed by atoms with Crippen molar-refractivity contribution < 1.29 is 5.11 Å². The Morgan fingerprint density at radius 3 is 2.82 bits per heavy atom. The number of aliphatic hydroxyl groups excluding tert-OH is 1. The van der Waals surface area contributed by atoms with E-state index in [1.165, 1.54) is 0 Å². The van der Waals surface area contributed by atoms with Gasteiger partial charge in [0.15, 0.2) is 0 Å². The van der Waals surface area contributed by atoms with Gasteiger partial charge in [-0.25, -0.2) is 0 Å². The van der Waals surface area contributed by atoms with E-state index < -0.39 is 0 Å². The van der Waals surface area contributed by atoms with Gasteiger partial charge in [-0.3, -0.25) is 0 Å². The van der Waals surface area contributed by atoms with Crippen LogP contribution >= 0.6 is 0 Å². The maximum atomic E-state index is 9.64. The molecule has 11 heavy (non-hydrogen) atoms. The van der Waals surface area contributed by atoms with E-state index in [0.717, 1.165) is 12.3 Å². The highest BCUT2D eigenvalue weighted by atomic mass is 16.3. The molecule has 0 spiro atoms. The molecule has 0 aromatic carbocycles. The average Bonchev–Trinajstić information content (AvgIpc) is 2.53. The minimum atomic E-state index is -0.0591. The highest BCUT2D eigenvalue weighted by Crippen LogP contribution is 2.51. The van der Waals surface area contributed by atoms with E-state index in [9.17, 15) is 5.11 Å². The summed E-state index contributed by atoms with van der Waals surface area (Å²) in [6.45, 7) is 0. The molecule has 58 valence electrons. The zero-order valence-electron chi connectivity index (χ0n) is 6.35. The summed E-state index contributed by atoms with van der Waals surface area (Å²) in [5, 5.41) is 9.64. The van der Waals surface area contributed by atoms with Crippen molar-refractivity contribution in [1.82, 2.24) is 0 Å². The summed E-state index contributed by atoms with van der Waals surface area (Å²) in [6.07, 6.45) is 10.0. The first-order chi connectivity index (χ1) is 5.36. The van der Waals surface area contributed by atoms with Crippen molar-refractivity contribution in [3.05, 3.63) is 24.3 Å². The van der Waals surface area contributed by atoms with E-state index >= 15 is 0 Å². The van der Waals surface area contributed by atoms with Crippen LogP contribution < -0.4 is 0 Å². The van der Waals surface area contributed by atoms with Gasteiger partial charge in [0.05, 0.1) is 6.10 Å². The predicted octanol–water partition coefficient (Wildman–Crippen LogP) is 1.36. The molecular weight excluding hydrogens is 136 g/mol. The maximum Gasteiger partial charge on any atom is 0.0611 e. The van der Waals surface area contributed by atoms with Gasteiger partial charge in [-0.2, -0.15) is 0 Å². The van der Waals surface area contributed by atoms with Crippen LogP contribution in [0.5, 0.6) is 0 Å². The molecular formula is C10H12O. The Morgan fingerprint density at radius 2 is 1.91 bits per heavy atom. The summed E-state index contributed by atoms with van der Waals surface area (Å²) >= 11 is 0. The van der Waals surface area contributed by atoms with Gasteiger partial charge in [-0.05, 0) is 24.2 Å². The smallest absolute Gasteiger partial charge is 0.0611 e. The Labute approximate surface area is 66.4 Å². The van der Waals surface area contributed by atoms with Gasteiger partial charge in [-0.1, -0.05) is 24.3 Å². The van der Waals surface area contributed by atoms with Crippen molar-refractivity contribution in [3.63, 3.8) is 0 Å². The van der Waals surface area contributed by atoms with Gasteiger partial charge in [0, 0.05) is 5.92 Å². The van der Waals surface area contributed by atoms with Crippen molar-refractivity contribution in [1.29, 1.82) is 0 Å². The first-order valence-corrected chi connectivity index (χ1v) is 4.41. The number of hydrogen-bond acceptors (Lipinski definition) is 1. The van der Waals surface area contributed by atoms with Crippen LogP contribution in [0, 0.1) is 23.7 Å². The summed E-state index contributed by atoms with van der Waals surface area (Å²) in [5.74, 6) is 2.53. The van der Waals surface area contributed by atoms with Crippen LogP contribution in [-0.2, 0) is 0 Å². The van der Waals surface area contributed by atoms with Gasteiger partial charge in [0.1, 0.15) is 0 Å². The molecule has 1 fully saturated rings. The van der Waals surface area contributed by atoms with Crippen LogP contribution in [0.3, 0.4) is 0 Å². The second kappa shape index (κ2) is 1.78. The molecule has 0 saturated heterocycles. The molecule has 0 aliphatic heterocycles. The van der Waals surface area contributed by atoms with E-state index in [-0.39, 0.29) is 6.10 Å². The van der Waals surface area contributed by atoms with Gasteiger partial charge >= 0.3 is 0 Å². The Kier molecular flexibility index (Phi) is 0.972. The van der Waals surface area contributed by atoms with Crippen LogP contribution in [-0.4, -0.2) is 11.2 Å². The second-order valence-corrected chi connectivity index (χ2v) is 3.97. The number of hydrogen-bond donors (Lipinski definition) is 1. The first kappa shape index (κ1) is 6.01. The van der Waals surface area contributed by atoms with Crippen molar-refractivity contribution >= 4 is 0 Å². The summed E-state index contributed by atoms with van der Waals surface area (Å²) in [7, 11) is 0. The molecule has 0 aromatic rings. The van der Waals surface area contributed by atoms with Crippen LogP contribution in [0.25, 0.3) is 0 Å². The van der Waals surface area contributed by atoms with Gasteiger partial charge in [0.25, 0.3) is 0 Å². The number of allylic oxidation sites excluding steroid dienone is 3. The SMILES string of the molecule is O[C@@H]1C[C@H]2C=C[C@H]3C=C[C@H]1[C@@H]32. The normalized spacial score (nSPS) is 57.4. The summed E-state index contributed by atoms with van der Waals surface area (Å²) < 4.78 is 0. The zero-order chi connectivity index (χ0) is 7.42. The van der Waals surface area contributed by atoms with Crippen molar-refractivity contribution in [3.8, 4) is 0 Å². The quantitative estimate of drug-likeness (QED) is 0.514. The van der Waals surface area contributed by atoms with E-state index in [0.29, 0.717) is 17.8 Å². The molecule has 0 amide bonds. The molecule has 3 rings (SSSR count). The maximum absolute atomic E-state index is 9.64. The monoisotopic (exact) mass is 148 g/mol. The molecule has 0 unspecified atom stereocenters. The molecule has 5 atom stereocenters. The van der Waals surface area contributed by atoms with Crippen LogP contribution in [0.2, 0.25) is 0 Å². The van der Waals surface area contributed by atoms with Crippen molar-refractivity contribution in [2.75, 3.05) is 0 Å². The highest BCUT2D eigenvalue weighted by molar-refractivity contribution is 5.26. The summed E-state index contributed by atoms with van der Waals surface area (Å²) in [6, 6.07) is 0. The number of rotatable bonds is 0. The summed E-state index contributed by atoms with van der Waals surface area (Å²) in [5.41, 5.74) is 0. The fourth-order valence-electron chi connectivity index (χ4n) is 2.99. The van der Waals surface area contributed by atoms with Gasteiger partial charge in [-0.15, -0.1) is 0 Å². The Bertz CT molecular complexity index is 241. The molecule has 0 aromatic heterocycles. The highest BCUT2D eigenvalue weighted by Gasteiger charge is 2.47. The largest absolute Gasteiger partial charge is 0.392 e. The average molecular weight is 148 g/mol. The fraction of sp³-hybridized carbons (Fsp3) is 0.600. The molecule has 1 N–H and O–H groups in total. The molecule has 1 nitrogen and oxygen atoms in total.